The Morgan fingerprint density at radius 2 is 2.17 bits per heavy atom. The van der Waals surface area contributed by atoms with Crippen molar-refractivity contribution in [1.82, 2.24) is 9.97 Å². The molecule has 3 rings (SSSR count). The van der Waals surface area contributed by atoms with Crippen molar-refractivity contribution >= 4 is 32.6 Å². The third-order valence-electron chi connectivity index (χ3n) is 3.19. The highest BCUT2D eigenvalue weighted by Gasteiger charge is 2.07. The Morgan fingerprint density at radius 3 is 2.96 bits per heavy atom. The van der Waals surface area contributed by atoms with Crippen molar-refractivity contribution in [2.45, 2.75) is 13.5 Å². The quantitative estimate of drug-likeness (QED) is 0.703. The van der Waals surface area contributed by atoms with Crippen LogP contribution in [0.3, 0.4) is 0 Å². The molecule has 3 N–H and O–H groups in total. The van der Waals surface area contributed by atoms with E-state index in [9.17, 15) is 4.79 Å². The van der Waals surface area contributed by atoms with Crippen molar-refractivity contribution in [2.24, 2.45) is 5.73 Å². The molecule has 0 radical (unpaired) electrons. The maximum absolute atomic E-state index is 11.1. The molecule has 7 heteroatoms. The van der Waals surface area contributed by atoms with Crippen molar-refractivity contribution in [3.63, 3.8) is 0 Å². The van der Waals surface area contributed by atoms with Crippen LogP contribution in [-0.4, -0.2) is 22.6 Å². The summed E-state index contributed by atoms with van der Waals surface area (Å²) in [4.78, 5) is 19.8. The summed E-state index contributed by atoms with van der Waals surface area (Å²) in [5.74, 6) is -0.124. The van der Waals surface area contributed by atoms with Crippen LogP contribution in [0.5, 0.6) is 0 Å². The second-order valence-corrected chi connectivity index (χ2v) is 6.01. The molecule has 2 aromatic heterocycles. The third kappa shape index (κ3) is 3.70. The van der Waals surface area contributed by atoms with Crippen LogP contribution >= 0.6 is 11.3 Å². The number of nitrogens with one attached hydrogen (secondary N) is 1. The van der Waals surface area contributed by atoms with Crippen molar-refractivity contribution < 1.29 is 9.53 Å². The summed E-state index contributed by atoms with van der Waals surface area (Å²) in [6, 6.07) is 8.00. The molecule has 0 aliphatic heterocycles. The molecule has 0 saturated heterocycles. The zero-order valence-electron chi connectivity index (χ0n) is 12.6. The van der Waals surface area contributed by atoms with Gasteiger partial charge in [-0.3, -0.25) is 9.78 Å². The zero-order chi connectivity index (χ0) is 16.2. The van der Waals surface area contributed by atoms with E-state index in [1.807, 2.05) is 30.5 Å². The van der Waals surface area contributed by atoms with Gasteiger partial charge in [0.05, 0.1) is 23.6 Å². The molecule has 118 valence electrons. The molecule has 0 atom stereocenters. The van der Waals surface area contributed by atoms with Crippen LogP contribution < -0.4 is 11.1 Å². The van der Waals surface area contributed by atoms with Gasteiger partial charge >= 0.3 is 0 Å². The summed E-state index contributed by atoms with van der Waals surface area (Å²) in [7, 11) is 0. The highest BCUT2D eigenvalue weighted by molar-refractivity contribution is 7.22. The lowest BCUT2D eigenvalue weighted by Crippen LogP contribution is -2.04. The summed E-state index contributed by atoms with van der Waals surface area (Å²) in [5, 5.41) is 3.32. The maximum atomic E-state index is 11.1. The third-order valence-corrected chi connectivity index (χ3v) is 4.12. The number of carbonyl (C=O) groups excluding carboxylic acids is 1. The number of nitrogens with two attached hydrogens (primary N) is 1. The van der Waals surface area contributed by atoms with Gasteiger partial charge in [0, 0.05) is 24.9 Å². The van der Waals surface area contributed by atoms with Crippen LogP contribution in [0.2, 0.25) is 0 Å². The highest BCUT2D eigenvalue weighted by Crippen LogP contribution is 2.30. The maximum Gasteiger partial charge on any atom is 0.223 e. The molecule has 0 unspecified atom stereocenters. The van der Waals surface area contributed by atoms with Crippen LogP contribution in [0, 0.1) is 0 Å². The molecule has 0 spiro atoms. The largest absolute Gasteiger partial charge is 0.362 e. The number of ether oxygens (including phenoxy) is 1. The smallest absolute Gasteiger partial charge is 0.223 e. The average Bonchev–Trinajstić information content (AvgIpc) is 2.93. The first kappa shape index (κ1) is 15.5. The zero-order valence-corrected chi connectivity index (χ0v) is 13.4. The lowest BCUT2D eigenvalue weighted by molar-refractivity contribution is -0.114. The predicted octanol–water partition coefficient (Wildman–Crippen LogP) is 2.75. The highest BCUT2D eigenvalue weighted by atomic mass is 32.1. The lowest BCUT2D eigenvalue weighted by atomic mass is 10.1. The lowest BCUT2D eigenvalue weighted by Gasteiger charge is -2.05. The van der Waals surface area contributed by atoms with Gasteiger partial charge in [-0.05, 0) is 29.3 Å². The minimum atomic E-state index is -0.124. The van der Waals surface area contributed by atoms with E-state index in [1.165, 1.54) is 18.3 Å². The summed E-state index contributed by atoms with van der Waals surface area (Å²) < 4.78 is 6.22. The first-order chi connectivity index (χ1) is 11.2. The van der Waals surface area contributed by atoms with E-state index in [2.05, 4.69) is 15.3 Å². The number of anilines is 1. The van der Waals surface area contributed by atoms with Crippen molar-refractivity contribution in [3.05, 3.63) is 42.2 Å². The molecule has 0 aliphatic rings. The predicted molar refractivity (Wildman–Crippen MR) is 91.0 cm³/mol. The normalized spacial score (nSPS) is 10.9. The first-order valence-corrected chi connectivity index (χ1v) is 7.87. The van der Waals surface area contributed by atoms with Gasteiger partial charge < -0.3 is 15.8 Å². The summed E-state index contributed by atoms with van der Waals surface area (Å²) in [6.45, 7) is 2.09. The molecule has 0 saturated carbocycles. The van der Waals surface area contributed by atoms with Crippen LogP contribution in [0.15, 0.2) is 36.7 Å². The fourth-order valence-electron chi connectivity index (χ4n) is 2.21. The molecule has 3 aromatic rings. The van der Waals surface area contributed by atoms with Gasteiger partial charge in [0.2, 0.25) is 5.91 Å². The van der Waals surface area contributed by atoms with Crippen LogP contribution in [0.1, 0.15) is 12.5 Å². The van der Waals surface area contributed by atoms with Gasteiger partial charge in [0.1, 0.15) is 0 Å². The van der Waals surface area contributed by atoms with Gasteiger partial charge in [-0.1, -0.05) is 17.4 Å². The number of benzene rings is 1. The fourth-order valence-corrected chi connectivity index (χ4v) is 3.16. The number of amides is 1. The molecule has 6 nitrogen and oxygen atoms in total. The Labute approximate surface area is 137 Å². The summed E-state index contributed by atoms with van der Waals surface area (Å²) in [5.41, 5.74) is 9.21. The van der Waals surface area contributed by atoms with E-state index in [4.69, 9.17) is 10.5 Å². The molecule has 1 amide bonds. The summed E-state index contributed by atoms with van der Waals surface area (Å²) in [6.07, 6.45) is 3.57. The molecular weight excluding hydrogens is 312 g/mol. The van der Waals surface area contributed by atoms with E-state index in [1.54, 1.807) is 6.20 Å². The van der Waals surface area contributed by atoms with E-state index in [-0.39, 0.29) is 12.6 Å². The second-order valence-electron chi connectivity index (χ2n) is 4.98. The van der Waals surface area contributed by atoms with Crippen LogP contribution in [0.4, 0.5) is 5.13 Å². The topological polar surface area (TPSA) is 90.1 Å². The molecule has 23 heavy (non-hydrogen) atoms. The van der Waals surface area contributed by atoms with Crippen molar-refractivity contribution in [2.75, 3.05) is 12.0 Å². The molecular formula is C16H16N4O2S. The van der Waals surface area contributed by atoms with Gasteiger partial charge in [-0.15, -0.1) is 0 Å². The molecule has 0 aliphatic carbocycles. The Kier molecular flexibility index (Phi) is 4.61. The van der Waals surface area contributed by atoms with E-state index < -0.39 is 0 Å². The number of hydrogen-bond donors (Lipinski definition) is 2. The first-order valence-electron chi connectivity index (χ1n) is 7.06. The van der Waals surface area contributed by atoms with Crippen LogP contribution in [0.25, 0.3) is 21.3 Å². The van der Waals surface area contributed by atoms with Gasteiger partial charge in [0.15, 0.2) is 5.13 Å². The Hall–Kier alpha value is -2.35. The van der Waals surface area contributed by atoms with Gasteiger partial charge in [-0.25, -0.2) is 4.98 Å². The number of hydrogen-bond acceptors (Lipinski definition) is 6. The van der Waals surface area contributed by atoms with E-state index >= 15 is 0 Å². The number of nitrogens with zero attached hydrogens (tertiary/aromatic N) is 2. The van der Waals surface area contributed by atoms with Gasteiger partial charge in [-0.2, -0.15) is 0 Å². The minimum absolute atomic E-state index is 0.124. The number of pyridine rings is 1. The van der Waals surface area contributed by atoms with Crippen molar-refractivity contribution in [3.8, 4) is 11.1 Å². The Bertz CT molecular complexity index is 847. The number of carbonyl (C=O) groups is 1. The molecule has 2 heterocycles. The second kappa shape index (κ2) is 6.82. The van der Waals surface area contributed by atoms with Crippen molar-refractivity contribution in [1.29, 1.82) is 0 Å². The van der Waals surface area contributed by atoms with E-state index in [0.29, 0.717) is 11.7 Å². The molecule has 0 fully saturated rings. The van der Waals surface area contributed by atoms with Crippen LogP contribution in [-0.2, 0) is 16.1 Å². The van der Waals surface area contributed by atoms with Gasteiger partial charge in [0.25, 0.3) is 0 Å². The SMILES string of the molecule is CC(=O)Nc1nc2ccc(-c3cncc(COCN)c3)cc2s1. The monoisotopic (exact) mass is 328 g/mol. The fraction of sp³-hybridized carbons (Fsp3) is 0.188. The number of rotatable bonds is 5. The summed E-state index contributed by atoms with van der Waals surface area (Å²) >= 11 is 1.45. The standard InChI is InChI=1S/C16H16N4O2S/c1-10(21)19-16-20-14-3-2-12(5-15(14)23-16)13-4-11(6-18-7-13)8-22-9-17/h2-7H,8-9,17H2,1H3,(H,19,20,21). The number of aromatic nitrogens is 2. The van der Waals surface area contributed by atoms with E-state index in [0.717, 1.165) is 26.9 Å². The number of fused-ring (bicyclic) bond motifs is 1. The minimum Gasteiger partial charge on any atom is -0.362 e. The number of thiazole rings is 1. The molecule has 1 aromatic carbocycles. The Morgan fingerprint density at radius 1 is 1.30 bits per heavy atom. The average molecular weight is 328 g/mol. The Balaban J connectivity index is 1.92. The molecule has 0 bridgehead atoms.